The van der Waals surface area contributed by atoms with Crippen LogP contribution in [0.2, 0.25) is 0 Å². The maximum atomic E-state index is 14.4. The third-order valence-electron chi connectivity index (χ3n) is 5.04. The second-order valence-corrected chi connectivity index (χ2v) is 9.56. The third kappa shape index (κ3) is 2.63. The van der Waals surface area contributed by atoms with Crippen LogP contribution in [0.5, 0.6) is 0 Å². The Labute approximate surface area is 188 Å². The van der Waals surface area contributed by atoms with E-state index < -0.39 is 90.8 Å². The predicted octanol–water partition coefficient (Wildman–Crippen LogP) is 8.08. The van der Waals surface area contributed by atoms with Crippen LogP contribution < -0.4 is 0 Å². The van der Waals surface area contributed by atoms with Gasteiger partial charge in [-0.3, -0.25) is 0 Å². The Morgan fingerprint density at radius 1 is 0.194 bits per heavy atom. The molecule has 0 bridgehead atoms. The molecule has 0 saturated heterocycles. The first-order valence-corrected chi connectivity index (χ1v) is 9.88. The molecule has 0 nitrogen and oxygen atoms in total. The number of rotatable bonds is 3. The molecule has 0 atom stereocenters. The minimum absolute atomic E-state index is 3.46. The maximum absolute atomic E-state index is 14.4. The quantitative estimate of drug-likeness (QED) is 0.230. The molecule has 2 fully saturated rings. The lowest BCUT2D eigenvalue weighted by atomic mass is 9.80. The van der Waals surface area contributed by atoms with E-state index in [2.05, 4.69) is 0 Å². The monoisotopic (exact) mass is 626 g/mol. The van der Waals surface area contributed by atoms with Crippen LogP contribution >= 0.6 is 21.6 Å². The highest BCUT2D eigenvalue weighted by atomic mass is 33.1. The molecule has 0 spiro atoms. The third-order valence-corrected chi connectivity index (χ3v) is 8.24. The van der Waals surface area contributed by atoms with E-state index in [-0.39, 0.29) is 0 Å². The van der Waals surface area contributed by atoms with Crippen molar-refractivity contribution in [2.24, 2.45) is 0 Å². The van der Waals surface area contributed by atoms with Crippen molar-refractivity contribution < 1.29 is 96.6 Å². The molecule has 0 aromatic heterocycles. The summed E-state index contributed by atoms with van der Waals surface area (Å²) in [4.78, 5) is 0. The molecule has 0 aromatic rings. The summed E-state index contributed by atoms with van der Waals surface area (Å²) in [6.07, 6.45) is 0. The summed E-state index contributed by atoms with van der Waals surface area (Å²) in [5.74, 6) is -80.1. The number of hydrogen-bond acceptors (Lipinski definition) is 2. The van der Waals surface area contributed by atoms with Crippen LogP contribution in [-0.2, 0) is 0 Å². The Balaban J connectivity index is 2.80. The molecule has 0 unspecified atom stereocenters. The first-order chi connectivity index (χ1) is 15.2. The maximum Gasteiger partial charge on any atom is 0.384 e. The molecule has 0 aliphatic heterocycles. The van der Waals surface area contributed by atoms with Crippen molar-refractivity contribution in [1.82, 2.24) is 0 Å². The lowest BCUT2D eigenvalue weighted by Crippen LogP contribution is -2.83. The van der Waals surface area contributed by atoms with Gasteiger partial charge in [0.1, 0.15) is 0 Å². The van der Waals surface area contributed by atoms with Crippen molar-refractivity contribution in [1.29, 1.82) is 0 Å². The SMILES string of the molecule is FC1(F)C(F)(F)C(F)(F)C(F)(SSC2(F)C(F)(F)C(F)(F)C(F)(F)C(F)(F)C2(F)F)C(F)(F)C1(F)F. The van der Waals surface area contributed by atoms with Gasteiger partial charge in [-0.1, -0.05) is 0 Å². The van der Waals surface area contributed by atoms with Crippen molar-refractivity contribution in [3.05, 3.63) is 0 Å². The van der Waals surface area contributed by atoms with Gasteiger partial charge in [-0.25, -0.2) is 8.78 Å². The van der Waals surface area contributed by atoms with Crippen LogP contribution in [0.4, 0.5) is 96.6 Å². The summed E-state index contributed by atoms with van der Waals surface area (Å²) in [7, 11) is -6.92. The van der Waals surface area contributed by atoms with Crippen molar-refractivity contribution in [2.45, 2.75) is 69.2 Å². The van der Waals surface area contributed by atoms with Crippen LogP contribution in [0.15, 0.2) is 0 Å². The van der Waals surface area contributed by atoms with E-state index in [0.29, 0.717) is 0 Å². The fourth-order valence-electron chi connectivity index (χ4n) is 2.71. The Morgan fingerprint density at radius 2 is 0.306 bits per heavy atom. The fourth-order valence-corrected chi connectivity index (χ4v) is 5.82. The van der Waals surface area contributed by atoms with Crippen LogP contribution in [-0.4, -0.2) is 69.2 Å². The highest BCUT2D eigenvalue weighted by Crippen LogP contribution is 2.78. The van der Waals surface area contributed by atoms with Crippen LogP contribution in [0.1, 0.15) is 0 Å². The minimum Gasteiger partial charge on any atom is -0.217 e. The molecule has 2 aliphatic carbocycles. The Morgan fingerprint density at radius 3 is 0.444 bits per heavy atom. The fraction of sp³-hybridized carbons (Fsp3) is 1.00. The van der Waals surface area contributed by atoms with Gasteiger partial charge in [-0.15, -0.1) is 0 Å². The van der Waals surface area contributed by atoms with Gasteiger partial charge < -0.3 is 0 Å². The first-order valence-electron chi connectivity index (χ1n) is 7.73. The zero-order chi connectivity index (χ0) is 29.4. The highest BCUT2D eigenvalue weighted by Gasteiger charge is 3.04. The number of alkyl halides is 22. The summed E-state index contributed by atoms with van der Waals surface area (Å²) in [5.41, 5.74) is 0. The van der Waals surface area contributed by atoms with E-state index in [0.717, 1.165) is 0 Å². The van der Waals surface area contributed by atoms with Crippen LogP contribution in [0, 0.1) is 0 Å². The molecule has 2 aliphatic rings. The second kappa shape index (κ2) is 7.02. The number of hydrogen-bond donors (Lipinski definition) is 0. The smallest absolute Gasteiger partial charge is 0.217 e. The van der Waals surface area contributed by atoms with Gasteiger partial charge in [0.2, 0.25) is 0 Å². The first kappa shape index (κ1) is 31.4. The average molecular weight is 626 g/mol. The van der Waals surface area contributed by atoms with E-state index >= 15 is 0 Å². The predicted molar refractivity (Wildman–Crippen MR) is 72.3 cm³/mol. The second-order valence-electron chi connectivity index (χ2n) is 7.10. The molecular formula is C12F22S2. The van der Waals surface area contributed by atoms with E-state index in [1.165, 1.54) is 0 Å². The van der Waals surface area contributed by atoms with Crippen LogP contribution in [0.3, 0.4) is 0 Å². The zero-order valence-corrected chi connectivity index (χ0v) is 16.8. The lowest BCUT2D eigenvalue weighted by Gasteiger charge is -2.54. The summed E-state index contributed by atoms with van der Waals surface area (Å²) in [6, 6.07) is 0. The standard InChI is InChI=1S/C12F22S2/c13-1(14)3(17,18)7(25,26)11(33,8(27,28)4(1,19)20)35-36-12(34)9(29,30)5(21,22)2(15,16)6(23,24)10(12,31)32. The van der Waals surface area contributed by atoms with Crippen LogP contribution in [0.25, 0.3) is 0 Å². The normalized spacial score (nSPS) is 34.5. The van der Waals surface area contributed by atoms with Gasteiger partial charge in [0.05, 0.1) is 0 Å². The molecule has 0 aromatic carbocycles. The van der Waals surface area contributed by atoms with Gasteiger partial charge in [-0.2, -0.15) is 87.8 Å². The lowest BCUT2D eigenvalue weighted by molar-refractivity contribution is -0.469. The summed E-state index contributed by atoms with van der Waals surface area (Å²) >= 11 is 0. The van der Waals surface area contributed by atoms with Crippen molar-refractivity contribution in [3.8, 4) is 0 Å². The molecule has 24 heteroatoms. The molecule has 0 heterocycles. The topological polar surface area (TPSA) is 0 Å². The molecule has 2 saturated carbocycles. The summed E-state index contributed by atoms with van der Waals surface area (Å²) < 4.78 is 297. The Hall–Kier alpha value is -0.840. The zero-order valence-electron chi connectivity index (χ0n) is 15.1. The van der Waals surface area contributed by atoms with Crippen molar-refractivity contribution >= 4 is 21.6 Å². The molecule has 214 valence electrons. The molecular weight excluding hydrogens is 626 g/mol. The Kier molecular flexibility index (Phi) is 6.12. The average Bonchev–Trinajstić information content (AvgIpc) is 2.68. The van der Waals surface area contributed by atoms with Gasteiger partial charge in [-0.05, 0) is 21.6 Å². The van der Waals surface area contributed by atoms with Gasteiger partial charge in [0.25, 0.3) is 0 Å². The Bertz CT molecular complexity index is 784. The molecule has 36 heavy (non-hydrogen) atoms. The summed E-state index contributed by atoms with van der Waals surface area (Å²) in [5, 5.41) is -15.3. The van der Waals surface area contributed by atoms with Gasteiger partial charge >= 0.3 is 69.2 Å². The van der Waals surface area contributed by atoms with Gasteiger partial charge in [0.15, 0.2) is 0 Å². The van der Waals surface area contributed by atoms with Gasteiger partial charge in [0, 0.05) is 0 Å². The van der Waals surface area contributed by atoms with Crippen molar-refractivity contribution in [2.75, 3.05) is 0 Å². The molecule has 0 N–H and O–H groups in total. The molecule has 0 radical (unpaired) electrons. The van der Waals surface area contributed by atoms with E-state index in [1.54, 1.807) is 0 Å². The number of halogens is 22. The molecule has 2 rings (SSSR count). The van der Waals surface area contributed by atoms with E-state index in [9.17, 15) is 96.6 Å². The highest BCUT2D eigenvalue weighted by molar-refractivity contribution is 8.77. The molecule has 0 amide bonds. The summed E-state index contributed by atoms with van der Waals surface area (Å²) in [6.45, 7) is 0. The van der Waals surface area contributed by atoms with Crippen molar-refractivity contribution in [3.63, 3.8) is 0 Å². The largest absolute Gasteiger partial charge is 0.384 e. The minimum atomic E-state index is -8.03. The van der Waals surface area contributed by atoms with E-state index in [4.69, 9.17) is 0 Å². The van der Waals surface area contributed by atoms with E-state index in [1.807, 2.05) is 0 Å².